The summed E-state index contributed by atoms with van der Waals surface area (Å²) >= 11 is 0. The smallest absolute Gasteiger partial charge is 0.0808 e. The number of aliphatic hydroxyl groups is 1. The number of allylic oxidation sites excluding steroid dienone is 12. The Kier molecular flexibility index (Phi) is 49.3. The van der Waals surface area contributed by atoms with Gasteiger partial charge in [0.15, 0.2) is 0 Å². The summed E-state index contributed by atoms with van der Waals surface area (Å²) in [6.45, 7) is 12.3. The van der Waals surface area contributed by atoms with Crippen molar-refractivity contribution in [2.75, 3.05) is 32.8 Å². The Labute approximate surface area is 372 Å². The molecule has 0 amide bonds. The van der Waals surface area contributed by atoms with Crippen LogP contribution in [0, 0.1) is 0 Å². The van der Waals surface area contributed by atoms with Crippen LogP contribution in [-0.2, 0) is 0 Å². The van der Waals surface area contributed by atoms with Crippen molar-refractivity contribution in [1.82, 2.24) is 0 Å². The van der Waals surface area contributed by atoms with Gasteiger partial charge in [-0.1, -0.05) is 190 Å². The summed E-state index contributed by atoms with van der Waals surface area (Å²) in [6, 6.07) is 0. The first-order valence-corrected chi connectivity index (χ1v) is 26.6. The summed E-state index contributed by atoms with van der Waals surface area (Å²) in [6.07, 6.45) is 77.0. The molecule has 0 aliphatic heterocycles. The lowest BCUT2D eigenvalue weighted by Gasteiger charge is -2.39. The van der Waals surface area contributed by atoms with Crippen LogP contribution in [0.5, 0.6) is 0 Å². The molecule has 0 bridgehead atoms. The molecule has 0 saturated heterocycles. The van der Waals surface area contributed by atoms with Crippen LogP contribution in [0.3, 0.4) is 0 Å². The molecule has 0 aromatic rings. The Morgan fingerprint density at radius 3 is 0.729 bits per heavy atom. The second kappa shape index (κ2) is 50.7. The van der Waals surface area contributed by atoms with E-state index in [1.807, 2.05) is 0 Å². The van der Waals surface area contributed by atoms with Crippen LogP contribution in [0.15, 0.2) is 72.9 Å². The molecule has 0 aliphatic rings. The van der Waals surface area contributed by atoms with Crippen molar-refractivity contribution in [2.24, 2.45) is 0 Å². The standard InChI is InChI=1S/C57H106NO/c1-4-7-10-13-16-19-22-25-28-31-34-37-40-43-46-49-53-58(56-52-57-59,54-50-47-44-41-38-35-32-29-26-23-20-17-14-11-8-5-2)55-51-48-45-42-39-36-33-30-27-24-21-18-15-12-9-6-3/h16-21,25-30,59H,4-15,22-24,31-57H2,1-3H3/q+1/b19-16-,20-17-,21-18?,28-25-,29-26-,30-27?. The summed E-state index contributed by atoms with van der Waals surface area (Å²) in [5.74, 6) is 0. The molecule has 1 N–H and O–H groups in total. The van der Waals surface area contributed by atoms with Crippen molar-refractivity contribution < 1.29 is 9.59 Å². The minimum absolute atomic E-state index is 0.344. The molecule has 0 unspecified atom stereocenters. The molecule has 0 spiro atoms. The van der Waals surface area contributed by atoms with Gasteiger partial charge in [-0.05, 0) is 135 Å². The van der Waals surface area contributed by atoms with Gasteiger partial charge in [0.1, 0.15) is 0 Å². The van der Waals surface area contributed by atoms with Crippen molar-refractivity contribution >= 4 is 0 Å². The molecule has 0 radical (unpaired) electrons. The average Bonchev–Trinajstić information content (AvgIpc) is 3.25. The van der Waals surface area contributed by atoms with Gasteiger partial charge in [-0.25, -0.2) is 0 Å². The lowest BCUT2D eigenvalue weighted by atomic mass is 10.0. The van der Waals surface area contributed by atoms with Crippen LogP contribution in [0.25, 0.3) is 0 Å². The lowest BCUT2D eigenvalue weighted by Crippen LogP contribution is -2.51. The number of aliphatic hydroxyl groups excluding tert-OH is 1. The molecule has 0 rings (SSSR count). The number of nitrogens with zero attached hydrogens (tertiary/aromatic N) is 1. The number of hydrogen-bond acceptors (Lipinski definition) is 1. The van der Waals surface area contributed by atoms with E-state index < -0.39 is 0 Å². The Morgan fingerprint density at radius 2 is 0.475 bits per heavy atom. The van der Waals surface area contributed by atoms with Gasteiger partial charge in [0, 0.05) is 13.0 Å². The summed E-state index contributed by atoms with van der Waals surface area (Å²) in [7, 11) is 0. The lowest BCUT2D eigenvalue weighted by molar-refractivity contribution is -0.929. The van der Waals surface area contributed by atoms with Gasteiger partial charge in [-0.15, -0.1) is 0 Å². The minimum atomic E-state index is 0.344. The third kappa shape index (κ3) is 45.7. The highest BCUT2D eigenvalue weighted by Crippen LogP contribution is 2.20. The predicted octanol–water partition coefficient (Wildman–Crippen LogP) is 18.6. The van der Waals surface area contributed by atoms with E-state index >= 15 is 0 Å². The van der Waals surface area contributed by atoms with Crippen LogP contribution in [0.4, 0.5) is 0 Å². The van der Waals surface area contributed by atoms with Crippen LogP contribution in [0.2, 0.25) is 0 Å². The summed E-state index contributed by atoms with van der Waals surface area (Å²) in [5, 5.41) is 9.93. The van der Waals surface area contributed by atoms with Gasteiger partial charge in [0.05, 0.1) is 26.2 Å². The molecule has 0 aromatic carbocycles. The highest BCUT2D eigenvalue weighted by molar-refractivity contribution is 4.94. The highest BCUT2D eigenvalue weighted by Gasteiger charge is 2.25. The van der Waals surface area contributed by atoms with Crippen molar-refractivity contribution in [2.45, 2.75) is 258 Å². The summed E-state index contributed by atoms with van der Waals surface area (Å²) in [4.78, 5) is 0. The highest BCUT2D eigenvalue weighted by atomic mass is 16.3. The van der Waals surface area contributed by atoms with E-state index in [0.29, 0.717) is 6.61 Å². The van der Waals surface area contributed by atoms with Crippen LogP contribution >= 0.6 is 0 Å². The van der Waals surface area contributed by atoms with E-state index in [9.17, 15) is 5.11 Å². The molecule has 0 fully saturated rings. The fourth-order valence-electron chi connectivity index (χ4n) is 8.38. The van der Waals surface area contributed by atoms with Crippen LogP contribution in [-0.4, -0.2) is 42.4 Å². The van der Waals surface area contributed by atoms with Gasteiger partial charge in [-0.2, -0.15) is 0 Å². The first kappa shape index (κ1) is 57.4. The first-order chi connectivity index (χ1) is 29.2. The second-order valence-corrected chi connectivity index (χ2v) is 18.1. The van der Waals surface area contributed by atoms with E-state index in [1.165, 1.54) is 243 Å². The van der Waals surface area contributed by atoms with Gasteiger partial charge < -0.3 is 9.59 Å². The van der Waals surface area contributed by atoms with E-state index in [2.05, 4.69) is 93.7 Å². The number of quaternary nitrogens is 1. The average molecular weight is 821 g/mol. The largest absolute Gasteiger partial charge is 0.396 e. The molecule has 0 saturated carbocycles. The molecule has 0 aromatic heterocycles. The maximum absolute atomic E-state index is 9.93. The van der Waals surface area contributed by atoms with Crippen LogP contribution in [0.1, 0.15) is 258 Å². The van der Waals surface area contributed by atoms with Gasteiger partial charge >= 0.3 is 0 Å². The first-order valence-electron chi connectivity index (χ1n) is 26.6. The molecule has 0 heterocycles. The SMILES string of the molecule is CCCCCC=CCC=CCCCCCCCC[N+](CCCO)(CCCCCCCC/C=C\C/C=C\CCCCC)CCCCCCCC/C=C\C/C=C\CCCCC. The Bertz CT molecular complexity index is 852. The molecule has 0 atom stereocenters. The van der Waals surface area contributed by atoms with E-state index in [-0.39, 0.29) is 0 Å². The molecule has 344 valence electrons. The van der Waals surface area contributed by atoms with Crippen molar-refractivity contribution in [3.8, 4) is 0 Å². The zero-order valence-electron chi connectivity index (χ0n) is 40.5. The maximum Gasteiger partial charge on any atom is 0.0808 e. The van der Waals surface area contributed by atoms with E-state index in [0.717, 1.165) is 25.7 Å². The zero-order chi connectivity index (χ0) is 42.7. The number of unbranched alkanes of at least 4 members (excludes halogenated alkanes) is 27. The Balaban J connectivity index is 4.60. The zero-order valence-corrected chi connectivity index (χ0v) is 40.5. The summed E-state index contributed by atoms with van der Waals surface area (Å²) < 4.78 is 1.27. The van der Waals surface area contributed by atoms with Gasteiger partial charge in [0.2, 0.25) is 0 Å². The molecule has 2 heteroatoms. The van der Waals surface area contributed by atoms with Gasteiger partial charge in [-0.3, -0.25) is 0 Å². The Morgan fingerprint density at radius 1 is 0.254 bits per heavy atom. The van der Waals surface area contributed by atoms with E-state index in [4.69, 9.17) is 0 Å². The third-order valence-corrected chi connectivity index (χ3v) is 12.3. The second-order valence-electron chi connectivity index (χ2n) is 18.1. The summed E-state index contributed by atoms with van der Waals surface area (Å²) in [5.41, 5.74) is 0. The van der Waals surface area contributed by atoms with Crippen molar-refractivity contribution in [1.29, 1.82) is 0 Å². The van der Waals surface area contributed by atoms with E-state index in [1.54, 1.807) is 0 Å². The topological polar surface area (TPSA) is 20.2 Å². The van der Waals surface area contributed by atoms with Crippen LogP contribution < -0.4 is 0 Å². The minimum Gasteiger partial charge on any atom is -0.396 e. The molecule has 0 aliphatic carbocycles. The third-order valence-electron chi connectivity index (χ3n) is 12.3. The van der Waals surface area contributed by atoms with Crippen molar-refractivity contribution in [3.05, 3.63) is 72.9 Å². The number of rotatable bonds is 48. The maximum atomic E-state index is 9.93. The monoisotopic (exact) mass is 821 g/mol. The fourth-order valence-corrected chi connectivity index (χ4v) is 8.38. The van der Waals surface area contributed by atoms with Gasteiger partial charge in [0.25, 0.3) is 0 Å². The fraction of sp³-hybridized carbons (Fsp3) is 0.789. The molecule has 59 heavy (non-hydrogen) atoms. The van der Waals surface area contributed by atoms with Crippen molar-refractivity contribution in [3.63, 3.8) is 0 Å². The molecular formula is C57H106NO+. The normalized spacial score (nSPS) is 12.8. The number of hydrogen-bond donors (Lipinski definition) is 1. The Hall–Kier alpha value is -1.64. The molecule has 2 nitrogen and oxygen atoms in total. The quantitative estimate of drug-likeness (QED) is 0.0368. The predicted molar refractivity (Wildman–Crippen MR) is 270 cm³/mol. The molecular weight excluding hydrogens is 715 g/mol.